The number of hydrogen-bond donors (Lipinski definition) is 1. The number of fused-ring (bicyclic) bond motifs is 1. The van der Waals surface area contributed by atoms with E-state index in [-0.39, 0.29) is 6.03 Å². The molecule has 0 saturated carbocycles. The minimum atomic E-state index is -0.0297. The fourth-order valence-electron chi connectivity index (χ4n) is 3.22. The highest BCUT2D eigenvalue weighted by Gasteiger charge is 2.23. The Morgan fingerprint density at radius 2 is 1.89 bits per heavy atom. The predicted octanol–water partition coefficient (Wildman–Crippen LogP) is 4.68. The second-order valence-electron chi connectivity index (χ2n) is 6.52. The summed E-state index contributed by atoms with van der Waals surface area (Å²) in [6.45, 7) is 5.00. The molecule has 5 nitrogen and oxygen atoms in total. The number of urea groups is 1. The Hall–Kier alpha value is -2.25. The van der Waals surface area contributed by atoms with E-state index in [9.17, 15) is 4.79 Å². The van der Waals surface area contributed by atoms with Crippen molar-refractivity contribution in [2.75, 3.05) is 42.7 Å². The zero-order chi connectivity index (χ0) is 18.8. The lowest BCUT2D eigenvalue weighted by atomic mass is 10.2. The van der Waals surface area contributed by atoms with Crippen LogP contribution in [0.25, 0.3) is 10.2 Å². The van der Waals surface area contributed by atoms with Gasteiger partial charge in [-0.25, -0.2) is 9.78 Å². The molecule has 0 bridgehead atoms. The van der Waals surface area contributed by atoms with Crippen molar-refractivity contribution in [2.24, 2.45) is 0 Å². The highest BCUT2D eigenvalue weighted by molar-refractivity contribution is 7.98. The van der Waals surface area contributed by atoms with Crippen LogP contribution in [0.3, 0.4) is 0 Å². The van der Waals surface area contributed by atoms with E-state index in [2.05, 4.69) is 34.7 Å². The van der Waals surface area contributed by atoms with Gasteiger partial charge in [0.15, 0.2) is 5.13 Å². The molecule has 2 heterocycles. The van der Waals surface area contributed by atoms with Crippen molar-refractivity contribution in [1.82, 2.24) is 9.88 Å². The first-order chi connectivity index (χ1) is 13.2. The van der Waals surface area contributed by atoms with Gasteiger partial charge in [-0.05, 0) is 36.9 Å². The first-order valence-electron chi connectivity index (χ1n) is 8.96. The third-order valence-electron chi connectivity index (χ3n) is 4.81. The summed E-state index contributed by atoms with van der Waals surface area (Å²) in [6.07, 6.45) is 2.08. The zero-order valence-electron chi connectivity index (χ0n) is 15.4. The molecule has 0 spiro atoms. The molecule has 27 heavy (non-hydrogen) atoms. The van der Waals surface area contributed by atoms with E-state index >= 15 is 0 Å². The van der Waals surface area contributed by atoms with Gasteiger partial charge >= 0.3 is 6.03 Å². The van der Waals surface area contributed by atoms with Gasteiger partial charge in [-0.3, -0.25) is 0 Å². The van der Waals surface area contributed by atoms with Crippen molar-refractivity contribution in [3.8, 4) is 0 Å². The number of piperazine rings is 1. The molecule has 4 rings (SSSR count). The number of hydrogen-bond acceptors (Lipinski definition) is 5. The van der Waals surface area contributed by atoms with Crippen LogP contribution in [-0.2, 0) is 0 Å². The van der Waals surface area contributed by atoms with Crippen molar-refractivity contribution in [2.45, 2.75) is 11.8 Å². The summed E-state index contributed by atoms with van der Waals surface area (Å²) in [4.78, 5) is 22.8. The summed E-state index contributed by atoms with van der Waals surface area (Å²) in [7, 11) is 0. The van der Waals surface area contributed by atoms with E-state index in [1.54, 1.807) is 23.1 Å². The lowest BCUT2D eigenvalue weighted by Crippen LogP contribution is -2.50. The molecule has 1 aromatic heterocycles. The number of anilines is 2. The largest absolute Gasteiger partial charge is 0.345 e. The summed E-state index contributed by atoms with van der Waals surface area (Å²) < 4.78 is 1.22. The first-order valence-corrected chi connectivity index (χ1v) is 11.0. The van der Waals surface area contributed by atoms with Crippen LogP contribution in [0.5, 0.6) is 0 Å². The lowest BCUT2D eigenvalue weighted by Gasteiger charge is -2.34. The van der Waals surface area contributed by atoms with Crippen LogP contribution in [-0.4, -0.2) is 48.3 Å². The second kappa shape index (κ2) is 7.78. The molecule has 3 aromatic rings. The molecule has 1 fully saturated rings. The normalized spacial score (nSPS) is 14.6. The molecular formula is C20H22N4OS2. The number of thiazole rings is 1. The maximum Gasteiger partial charge on any atom is 0.321 e. The smallest absolute Gasteiger partial charge is 0.321 e. The van der Waals surface area contributed by atoms with Gasteiger partial charge in [0.05, 0.1) is 10.2 Å². The van der Waals surface area contributed by atoms with Gasteiger partial charge in [-0.15, -0.1) is 11.8 Å². The van der Waals surface area contributed by atoms with Gasteiger partial charge in [0, 0.05) is 36.8 Å². The molecule has 0 aliphatic carbocycles. The molecule has 1 N–H and O–H groups in total. The number of benzene rings is 2. The summed E-state index contributed by atoms with van der Waals surface area (Å²) in [5.41, 5.74) is 3.04. The fourth-order valence-corrected chi connectivity index (χ4v) is 4.89. The third kappa shape index (κ3) is 3.75. The maximum absolute atomic E-state index is 12.6. The van der Waals surface area contributed by atoms with Crippen LogP contribution in [0, 0.1) is 6.92 Å². The quantitative estimate of drug-likeness (QED) is 0.651. The second-order valence-corrected chi connectivity index (χ2v) is 8.38. The van der Waals surface area contributed by atoms with E-state index in [0.29, 0.717) is 13.1 Å². The SMILES string of the molecule is CSc1cccc2sc(N3CCN(C(=O)Nc4ccccc4C)CC3)nc12. The van der Waals surface area contributed by atoms with Crippen LogP contribution in [0.15, 0.2) is 47.4 Å². The topological polar surface area (TPSA) is 48.5 Å². The predicted molar refractivity (Wildman–Crippen MR) is 115 cm³/mol. The Bertz CT molecular complexity index is 964. The van der Waals surface area contributed by atoms with Crippen molar-refractivity contribution in [3.05, 3.63) is 48.0 Å². The summed E-state index contributed by atoms with van der Waals surface area (Å²) in [5, 5.41) is 4.07. The van der Waals surface area contributed by atoms with Gasteiger partial charge in [0.25, 0.3) is 0 Å². The molecule has 140 valence electrons. The van der Waals surface area contributed by atoms with Gasteiger partial charge in [0.1, 0.15) is 0 Å². The number of nitrogens with zero attached hydrogens (tertiary/aromatic N) is 3. The number of para-hydroxylation sites is 2. The number of aromatic nitrogens is 1. The average Bonchev–Trinajstić information content (AvgIpc) is 3.14. The maximum atomic E-state index is 12.6. The van der Waals surface area contributed by atoms with Crippen LogP contribution < -0.4 is 10.2 Å². The summed E-state index contributed by atoms with van der Waals surface area (Å²) >= 11 is 3.46. The number of carbonyl (C=O) groups excluding carboxylic acids is 1. The molecule has 1 aliphatic rings. The van der Waals surface area contributed by atoms with Gasteiger partial charge in [-0.1, -0.05) is 35.6 Å². The molecule has 7 heteroatoms. The standard InChI is InChI=1S/C20H22N4OS2/c1-14-6-3-4-7-15(14)21-19(25)23-10-12-24(13-11-23)20-22-18-16(26-2)8-5-9-17(18)27-20/h3-9H,10-13H2,1-2H3,(H,21,25). The van der Waals surface area contributed by atoms with Gasteiger partial charge < -0.3 is 15.1 Å². The molecule has 1 saturated heterocycles. The van der Waals surface area contributed by atoms with Crippen LogP contribution in [0.4, 0.5) is 15.6 Å². The molecule has 0 atom stereocenters. The van der Waals surface area contributed by atoms with E-state index < -0.39 is 0 Å². The third-order valence-corrected chi connectivity index (χ3v) is 6.67. The molecule has 2 aromatic carbocycles. The zero-order valence-corrected chi connectivity index (χ0v) is 17.1. The number of aryl methyl sites for hydroxylation is 1. The molecule has 2 amide bonds. The minimum Gasteiger partial charge on any atom is -0.345 e. The van der Waals surface area contributed by atoms with Gasteiger partial charge in [-0.2, -0.15) is 0 Å². The van der Waals surface area contributed by atoms with E-state index in [0.717, 1.165) is 35.0 Å². The number of thioether (sulfide) groups is 1. The Morgan fingerprint density at radius 1 is 1.11 bits per heavy atom. The van der Waals surface area contributed by atoms with Crippen LogP contribution in [0.2, 0.25) is 0 Å². The van der Waals surface area contributed by atoms with E-state index in [4.69, 9.17) is 4.98 Å². The van der Waals surface area contributed by atoms with Crippen molar-refractivity contribution in [1.29, 1.82) is 0 Å². The van der Waals surface area contributed by atoms with Crippen LogP contribution in [0.1, 0.15) is 5.56 Å². The van der Waals surface area contributed by atoms with Crippen LogP contribution >= 0.6 is 23.1 Å². The van der Waals surface area contributed by atoms with Crippen molar-refractivity contribution >= 4 is 50.2 Å². The lowest BCUT2D eigenvalue weighted by molar-refractivity contribution is 0.208. The molecule has 0 unspecified atom stereocenters. The average molecular weight is 399 g/mol. The number of amides is 2. The first kappa shape index (κ1) is 18.1. The monoisotopic (exact) mass is 398 g/mol. The summed E-state index contributed by atoms with van der Waals surface area (Å²) in [5.74, 6) is 0. The number of nitrogens with one attached hydrogen (secondary N) is 1. The Balaban J connectivity index is 1.41. The van der Waals surface area contributed by atoms with Gasteiger partial charge in [0.2, 0.25) is 0 Å². The highest BCUT2D eigenvalue weighted by atomic mass is 32.2. The Morgan fingerprint density at radius 3 is 2.63 bits per heavy atom. The minimum absolute atomic E-state index is 0.0297. The highest BCUT2D eigenvalue weighted by Crippen LogP contribution is 2.34. The van der Waals surface area contributed by atoms with Crippen molar-refractivity contribution in [3.63, 3.8) is 0 Å². The molecular weight excluding hydrogens is 376 g/mol. The molecule has 0 radical (unpaired) electrons. The summed E-state index contributed by atoms with van der Waals surface area (Å²) in [6, 6.07) is 14.2. The van der Waals surface area contributed by atoms with E-state index in [1.165, 1.54) is 9.60 Å². The van der Waals surface area contributed by atoms with Crippen molar-refractivity contribution < 1.29 is 4.79 Å². The number of carbonyl (C=O) groups is 1. The Kier molecular flexibility index (Phi) is 5.22. The van der Waals surface area contributed by atoms with E-state index in [1.807, 2.05) is 36.1 Å². The number of rotatable bonds is 3. The molecule has 1 aliphatic heterocycles. The fraction of sp³-hybridized carbons (Fsp3) is 0.300. The Labute approximate surface area is 167 Å².